The SMILES string of the molecule is CNCC(C)C(=O)NCCCn1ccnc1. The number of amides is 1. The fourth-order valence-corrected chi connectivity index (χ4v) is 1.47. The molecule has 0 aliphatic carbocycles. The number of hydrogen-bond donors (Lipinski definition) is 2. The van der Waals surface area contributed by atoms with Gasteiger partial charge in [0.2, 0.25) is 5.91 Å². The van der Waals surface area contributed by atoms with Crippen LogP contribution in [0, 0.1) is 5.92 Å². The highest BCUT2D eigenvalue weighted by Gasteiger charge is 2.10. The lowest BCUT2D eigenvalue weighted by Crippen LogP contribution is -2.35. The first kappa shape index (κ1) is 12.7. The summed E-state index contributed by atoms with van der Waals surface area (Å²) in [5.41, 5.74) is 0. The normalized spacial score (nSPS) is 12.4. The first-order chi connectivity index (χ1) is 7.74. The van der Waals surface area contributed by atoms with E-state index in [4.69, 9.17) is 0 Å². The topological polar surface area (TPSA) is 59.0 Å². The van der Waals surface area contributed by atoms with E-state index >= 15 is 0 Å². The van der Waals surface area contributed by atoms with Crippen LogP contribution in [0.1, 0.15) is 13.3 Å². The molecule has 0 saturated heterocycles. The van der Waals surface area contributed by atoms with Gasteiger partial charge in [0.25, 0.3) is 0 Å². The van der Waals surface area contributed by atoms with Crippen molar-refractivity contribution >= 4 is 5.91 Å². The van der Waals surface area contributed by atoms with E-state index in [1.807, 2.05) is 24.7 Å². The van der Waals surface area contributed by atoms with Crippen LogP contribution in [0.5, 0.6) is 0 Å². The van der Waals surface area contributed by atoms with Crippen LogP contribution in [0.2, 0.25) is 0 Å². The molecule has 0 aromatic carbocycles. The molecule has 5 heteroatoms. The summed E-state index contributed by atoms with van der Waals surface area (Å²) in [6, 6.07) is 0. The summed E-state index contributed by atoms with van der Waals surface area (Å²) in [6.07, 6.45) is 6.39. The minimum absolute atomic E-state index is 0.0262. The van der Waals surface area contributed by atoms with Crippen molar-refractivity contribution in [3.8, 4) is 0 Å². The summed E-state index contributed by atoms with van der Waals surface area (Å²) in [4.78, 5) is 15.5. The molecule has 16 heavy (non-hydrogen) atoms. The average molecular weight is 224 g/mol. The predicted molar refractivity (Wildman–Crippen MR) is 62.9 cm³/mol. The second-order valence-corrected chi connectivity index (χ2v) is 3.90. The molecule has 0 fully saturated rings. The molecule has 1 heterocycles. The molecule has 1 unspecified atom stereocenters. The molecule has 0 aliphatic rings. The van der Waals surface area contributed by atoms with Crippen LogP contribution < -0.4 is 10.6 Å². The van der Waals surface area contributed by atoms with Gasteiger partial charge in [-0.1, -0.05) is 6.92 Å². The summed E-state index contributed by atoms with van der Waals surface area (Å²) in [7, 11) is 1.85. The van der Waals surface area contributed by atoms with Crippen molar-refractivity contribution in [1.29, 1.82) is 0 Å². The van der Waals surface area contributed by atoms with Crippen molar-refractivity contribution in [2.75, 3.05) is 20.1 Å². The van der Waals surface area contributed by atoms with Gasteiger partial charge in [0.1, 0.15) is 0 Å². The molecule has 1 aromatic rings. The monoisotopic (exact) mass is 224 g/mol. The first-order valence-electron chi connectivity index (χ1n) is 5.62. The Balaban J connectivity index is 2.08. The van der Waals surface area contributed by atoms with Gasteiger partial charge in [0.05, 0.1) is 6.33 Å². The van der Waals surface area contributed by atoms with Crippen LogP contribution in [0.4, 0.5) is 0 Å². The summed E-state index contributed by atoms with van der Waals surface area (Å²) in [5.74, 6) is 0.137. The highest BCUT2D eigenvalue weighted by molar-refractivity contribution is 5.78. The minimum atomic E-state index is 0.0262. The van der Waals surface area contributed by atoms with Crippen molar-refractivity contribution in [3.05, 3.63) is 18.7 Å². The highest BCUT2D eigenvalue weighted by Crippen LogP contribution is 1.93. The molecule has 1 atom stereocenters. The fourth-order valence-electron chi connectivity index (χ4n) is 1.47. The van der Waals surface area contributed by atoms with E-state index in [9.17, 15) is 4.79 Å². The van der Waals surface area contributed by atoms with Gasteiger partial charge in [-0.05, 0) is 13.5 Å². The molecule has 0 bridgehead atoms. The third-order valence-corrected chi connectivity index (χ3v) is 2.41. The van der Waals surface area contributed by atoms with Crippen LogP contribution in [-0.2, 0) is 11.3 Å². The molecule has 90 valence electrons. The Bertz CT molecular complexity index is 297. The van der Waals surface area contributed by atoms with Gasteiger partial charge in [-0.3, -0.25) is 4.79 Å². The molecule has 0 spiro atoms. The number of hydrogen-bond acceptors (Lipinski definition) is 3. The Kier molecular flexibility index (Phi) is 5.56. The standard InChI is InChI=1S/C11H20N4O/c1-10(8-12-2)11(16)14-4-3-6-15-7-5-13-9-15/h5,7,9-10,12H,3-4,6,8H2,1-2H3,(H,14,16). The number of nitrogens with one attached hydrogen (secondary N) is 2. The van der Waals surface area contributed by atoms with Crippen LogP contribution in [0.25, 0.3) is 0 Å². The molecule has 0 radical (unpaired) electrons. The Labute approximate surface area is 96.3 Å². The maximum Gasteiger partial charge on any atom is 0.224 e. The molecule has 1 aromatic heterocycles. The van der Waals surface area contributed by atoms with Crippen molar-refractivity contribution in [3.63, 3.8) is 0 Å². The van der Waals surface area contributed by atoms with E-state index in [0.29, 0.717) is 13.1 Å². The zero-order valence-corrected chi connectivity index (χ0v) is 9.94. The summed E-state index contributed by atoms with van der Waals surface area (Å²) in [6.45, 7) is 4.24. The van der Waals surface area contributed by atoms with E-state index in [1.54, 1.807) is 12.5 Å². The van der Waals surface area contributed by atoms with Crippen molar-refractivity contribution < 1.29 is 4.79 Å². The summed E-state index contributed by atoms with van der Waals surface area (Å²) >= 11 is 0. The number of carbonyl (C=O) groups is 1. The molecular weight excluding hydrogens is 204 g/mol. The van der Waals surface area contributed by atoms with Gasteiger partial charge >= 0.3 is 0 Å². The quantitative estimate of drug-likeness (QED) is 0.652. The number of aryl methyl sites for hydroxylation is 1. The highest BCUT2D eigenvalue weighted by atomic mass is 16.1. The summed E-state index contributed by atoms with van der Waals surface area (Å²) < 4.78 is 2.00. The molecule has 2 N–H and O–H groups in total. The van der Waals surface area contributed by atoms with E-state index in [-0.39, 0.29) is 11.8 Å². The second kappa shape index (κ2) is 7.00. The molecule has 5 nitrogen and oxygen atoms in total. The van der Waals surface area contributed by atoms with E-state index < -0.39 is 0 Å². The third-order valence-electron chi connectivity index (χ3n) is 2.41. The van der Waals surface area contributed by atoms with Gasteiger partial charge in [0, 0.05) is 37.9 Å². The summed E-state index contributed by atoms with van der Waals surface area (Å²) in [5, 5.41) is 5.90. The van der Waals surface area contributed by atoms with Gasteiger partial charge < -0.3 is 15.2 Å². The lowest BCUT2D eigenvalue weighted by molar-refractivity contribution is -0.124. The zero-order valence-electron chi connectivity index (χ0n) is 9.94. The third kappa shape index (κ3) is 4.44. The fraction of sp³-hybridized carbons (Fsp3) is 0.636. The van der Waals surface area contributed by atoms with Gasteiger partial charge in [-0.2, -0.15) is 0 Å². The van der Waals surface area contributed by atoms with Gasteiger partial charge in [-0.15, -0.1) is 0 Å². The minimum Gasteiger partial charge on any atom is -0.356 e. The van der Waals surface area contributed by atoms with Crippen molar-refractivity contribution in [1.82, 2.24) is 20.2 Å². The lowest BCUT2D eigenvalue weighted by Gasteiger charge is -2.11. The maximum absolute atomic E-state index is 11.5. The Morgan fingerprint density at radius 3 is 3.00 bits per heavy atom. The van der Waals surface area contributed by atoms with Crippen LogP contribution in [0.3, 0.4) is 0 Å². The second-order valence-electron chi connectivity index (χ2n) is 3.90. The number of aromatic nitrogens is 2. The van der Waals surface area contributed by atoms with E-state index in [0.717, 1.165) is 13.0 Å². The van der Waals surface area contributed by atoms with Crippen LogP contribution >= 0.6 is 0 Å². The van der Waals surface area contributed by atoms with Crippen LogP contribution in [-0.4, -0.2) is 35.6 Å². The number of imidazole rings is 1. The molecular formula is C11H20N4O. The lowest BCUT2D eigenvalue weighted by atomic mass is 10.1. The van der Waals surface area contributed by atoms with Crippen molar-refractivity contribution in [2.24, 2.45) is 5.92 Å². The largest absolute Gasteiger partial charge is 0.356 e. The molecule has 1 amide bonds. The smallest absolute Gasteiger partial charge is 0.224 e. The number of carbonyl (C=O) groups excluding carboxylic acids is 1. The van der Waals surface area contributed by atoms with Gasteiger partial charge in [-0.25, -0.2) is 4.98 Å². The van der Waals surface area contributed by atoms with E-state index in [1.165, 1.54) is 0 Å². The van der Waals surface area contributed by atoms with E-state index in [2.05, 4.69) is 15.6 Å². The number of nitrogens with zero attached hydrogens (tertiary/aromatic N) is 2. The average Bonchev–Trinajstić information content (AvgIpc) is 2.77. The Morgan fingerprint density at radius 2 is 2.38 bits per heavy atom. The maximum atomic E-state index is 11.5. The number of rotatable bonds is 7. The zero-order chi connectivity index (χ0) is 11.8. The molecule has 1 rings (SSSR count). The van der Waals surface area contributed by atoms with Crippen molar-refractivity contribution in [2.45, 2.75) is 19.9 Å². The predicted octanol–water partition coefficient (Wildman–Crippen LogP) is 0.245. The Hall–Kier alpha value is -1.36. The molecule has 0 aliphatic heterocycles. The van der Waals surface area contributed by atoms with Crippen LogP contribution in [0.15, 0.2) is 18.7 Å². The first-order valence-corrected chi connectivity index (χ1v) is 5.62. The molecule has 0 saturated carbocycles. The Morgan fingerprint density at radius 1 is 1.56 bits per heavy atom. The van der Waals surface area contributed by atoms with Gasteiger partial charge in [0.15, 0.2) is 0 Å².